The summed E-state index contributed by atoms with van der Waals surface area (Å²) < 4.78 is 44.1. The zero-order valence-electron chi connectivity index (χ0n) is 13.0. The van der Waals surface area contributed by atoms with Crippen molar-refractivity contribution in [3.05, 3.63) is 41.0 Å². The van der Waals surface area contributed by atoms with Crippen molar-refractivity contribution in [3.63, 3.8) is 0 Å². The molecule has 26 heavy (non-hydrogen) atoms. The van der Waals surface area contributed by atoms with Crippen LogP contribution in [0.4, 0.5) is 13.2 Å². The van der Waals surface area contributed by atoms with Crippen LogP contribution in [0, 0.1) is 11.8 Å². The average molecular weight is 389 g/mol. The van der Waals surface area contributed by atoms with Crippen molar-refractivity contribution in [1.82, 2.24) is 10.1 Å². The van der Waals surface area contributed by atoms with Crippen LogP contribution in [0.5, 0.6) is 0 Å². The first kappa shape index (κ1) is 18.2. The molecular formula is C16H12ClF3N2O4. The largest absolute Gasteiger partial charge is 0.481 e. The highest BCUT2D eigenvalue weighted by Crippen LogP contribution is 2.38. The lowest BCUT2D eigenvalue weighted by Crippen LogP contribution is -2.34. The summed E-state index contributed by atoms with van der Waals surface area (Å²) in [6.45, 7) is -1.27. The van der Waals surface area contributed by atoms with E-state index in [1.54, 1.807) is 24.3 Å². The number of aromatic nitrogens is 1. The van der Waals surface area contributed by atoms with Crippen molar-refractivity contribution in [2.24, 2.45) is 11.8 Å². The molecule has 1 saturated heterocycles. The number of amides is 1. The van der Waals surface area contributed by atoms with Gasteiger partial charge in [0, 0.05) is 29.7 Å². The number of carbonyl (C=O) groups excluding carboxylic acids is 1. The normalized spacial score (nSPS) is 20.4. The molecule has 1 amide bonds. The molecule has 1 N–H and O–H groups in total. The van der Waals surface area contributed by atoms with Crippen molar-refractivity contribution >= 4 is 23.5 Å². The lowest BCUT2D eigenvalue weighted by atomic mass is 9.96. The van der Waals surface area contributed by atoms with Crippen molar-refractivity contribution in [2.45, 2.75) is 6.18 Å². The Kier molecular flexibility index (Phi) is 4.66. The van der Waals surface area contributed by atoms with Gasteiger partial charge in [-0.15, -0.1) is 0 Å². The standard InChI is InChI=1S/C16H12ClF3N2O4/c17-9-3-1-8(2-4-9)13-5-12(21-26-13)14(23)22-6-10(15(24)25)11(7-22)16(18,19)20/h1-5,10-11H,6-7H2,(H,24,25)/t10-,11-/m1/s1. The number of rotatable bonds is 3. The van der Waals surface area contributed by atoms with E-state index in [4.69, 9.17) is 21.2 Å². The third kappa shape index (κ3) is 3.52. The monoisotopic (exact) mass is 388 g/mol. The van der Waals surface area contributed by atoms with Gasteiger partial charge in [0.05, 0.1) is 11.8 Å². The number of hydrogen-bond donors (Lipinski definition) is 1. The Labute approximate surface area is 150 Å². The van der Waals surface area contributed by atoms with Crippen molar-refractivity contribution in [2.75, 3.05) is 13.1 Å². The van der Waals surface area contributed by atoms with E-state index in [1.807, 2.05) is 0 Å². The van der Waals surface area contributed by atoms with E-state index in [9.17, 15) is 22.8 Å². The molecule has 2 aromatic rings. The lowest BCUT2D eigenvalue weighted by Gasteiger charge is -2.17. The van der Waals surface area contributed by atoms with Crippen LogP contribution in [-0.4, -0.2) is 46.3 Å². The number of carboxylic acid groups (broad SMARTS) is 1. The summed E-state index contributed by atoms with van der Waals surface area (Å²) in [6.07, 6.45) is -4.71. The minimum atomic E-state index is -4.71. The van der Waals surface area contributed by atoms with E-state index >= 15 is 0 Å². The van der Waals surface area contributed by atoms with E-state index in [-0.39, 0.29) is 11.5 Å². The van der Waals surface area contributed by atoms with Crippen LogP contribution in [-0.2, 0) is 4.79 Å². The van der Waals surface area contributed by atoms with Crippen LogP contribution in [0.1, 0.15) is 10.5 Å². The Hall–Kier alpha value is -2.55. The molecule has 2 heterocycles. The molecule has 1 aliphatic rings. The van der Waals surface area contributed by atoms with Gasteiger partial charge in [-0.2, -0.15) is 13.2 Å². The summed E-state index contributed by atoms with van der Waals surface area (Å²) in [5.74, 6) is -5.99. The zero-order valence-corrected chi connectivity index (χ0v) is 13.8. The molecule has 1 fully saturated rings. The minimum Gasteiger partial charge on any atom is -0.481 e. The molecule has 1 aromatic heterocycles. The predicted molar refractivity (Wildman–Crippen MR) is 83.5 cm³/mol. The van der Waals surface area contributed by atoms with E-state index in [2.05, 4.69) is 5.16 Å². The van der Waals surface area contributed by atoms with Crippen LogP contribution in [0.3, 0.4) is 0 Å². The van der Waals surface area contributed by atoms with Gasteiger partial charge in [-0.1, -0.05) is 16.8 Å². The molecule has 2 atom stereocenters. The van der Waals surface area contributed by atoms with Gasteiger partial charge < -0.3 is 14.5 Å². The van der Waals surface area contributed by atoms with Crippen LogP contribution < -0.4 is 0 Å². The number of benzene rings is 1. The van der Waals surface area contributed by atoms with Crippen LogP contribution in [0.2, 0.25) is 5.02 Å². The summed E-state index contributed by atoms with van der Waals surface area (Å²) in [5.41, 5.74) is 0.390. The van der Waals surface area contributed by atoms with Gasteiger partial charge in [0.25, 0.3) is 5.91 Å². The van der Waals surface area contributed by atoms with Crippen molar-refractivity contribution in [3.8, 4) is 11.3 Å². The van der Waals surface area contributed by atoms with E-state index < -0.39 is 43.0 Å². The maximum absolute atomic E-state index is 13.0. The first-order valence-electron chi connectivity index (χ1n) is 7.48. The molecule has 0 saturated carbocycles. The summed E-state index contributed by atoms with van der Waals surface area (Å²) in [4.78, 5) is 24.3. The Morgan fingerprint density at radius 3 is 2.42 bits per heavy atom. The van der Waals surface area contributed by atoms with Crippen molar-refractivity contribution in [1.29, 1.82) is 0 Å². The topological polar surface area (TPSA) is 83.6 Å². The van der Waals surface area contributed by atoms with Crippen LogP contribution in [0.15, 0.2) is 34.9 Å². The number of aliphatic carboxylic acids is 1. The van der Waals surface area contributed by atoms with Gasteiger partial charge in [-0.05, 0) is 24.3 Å². The molecule has 138 valence electrons. The van der Waals surface area contributed by atoms with Crippen molar-refractivity contribution < 1.29 is 32.4 Å². The minimum absolute atomic E-state index is 0.193. The molecule has 1 aliphatic heterocycles. The summed E-state index contributed by atoms with van der Waals surface area (Å²) in [6, 6.07) is 7.77. The highest BCUT2D eigenvalue weighted by Gasteiger charge is 2.53. The fraction of sp³-hybridized carbons (Fsp3) is 0.312. The quantitative estimate of drug-likeness (QED) is 0.872. The third-order valence-electron chi connectivity index (χ3n) is 4.20. The maximum atomic E-state index is 13.0. The molecule has 10 heteroatoms. The van der Waals surface area contributed by atoms with Gasteiger partial charge >= 0.3 is 12.1 Å². The molecule has 3 rings (SSSR count). The second-order valence-corrected chi connectivity index (χ2v) is 6.32. The molecule has 0 bridgehead atoms. The molecule has 0 spiro atoms. The molecule has 6 nitrogen and oxygen atoms in total. The number of halogens is 4. The first-order valence-corrected chi connectivity index (χ1v) is 7.86. The second kappa shape index (κ2) is 6.64. The van der Waals surface area contributed by atoms with Gasteiger partial charge in [-0.3, -0.25) is 9.59 Å². The molecule has 1 aromatic carbocycles. The number of alkyl halides is 3. The first-order chi connectivity index (χ1) is 12.2. The summed E-state index contributed by atoms with van der Waals surface area (Å²) in [5, 5.41) is 13.1. The zero-order chi connectivity index (χ0) is 19.1. The molecule has 0 radical (unpaired) electrons. The average Bonchev–Trinajstić information content (AvgIpc) is 3.22. The summed E-state index contributed by atoms with van der Waals surface area (Å²) >= 11 is 5.78. The fourth-order valence-corrected chi connectivity index (χ4v) is 2.97. The van der Waals surface area contributed by atoms with Crippen LogP contribution in [0.25, 0.3) is 11.3 Å². The highest BCUT2D eigenvalue weighted by atomic mass is 35.5. The lowest BCUT2D eigenvalue weighted by molar-refractivity contribution is -0.187. The number of nitrogens with zero attached hydrogens (tertiary/aromatic N) is 2. The number of carbonyl (C=O) groups is 2. The van der Waals surface area contributed by atoms with Gasteiger partial charge in [0.2, 0.25) is 0 Å². The molecule has 0 aliphatic carbocycles. The van der Waals surface area contributed by atoms with E-state index in [0.717, 1.165) is 4.90 Å². The predicted octanol–water partition coefficient (Wildman–Crippen LogP) is 3.33. The van der Waals surface area contributed by atoms with Gasteiger partial charge in [0.1, 0.15) is 0 Å². The van der Waals surface area contributed by atoms with Gasteiger partial charge in [0.15, 0.2) is 11.5 Å². The number of hydrogen-bond acceptors (Lipinski definition) is 4. The second-order valence-electron chi connectivity index (χ2n) is 5.89. The Morgan fingerprint density at radius 2 is 1.88 bits per heavy atom. The molecular weight excluding hydrogens is 377 g/mol. The smallest absolute Gasteiger partial charge is 0.394 e. The number of likely N-dealkylation sites (tertiary alicyclic amines) is 1. The molecule has 0 unspecified atom stereocenters. The Morgan fingerprint density at radius 1 is 1.23 bits per heavy atom. The van der Waals surface area contributed by atoms with Gasteiger partial charge in [-0.25, -0.2) is 0 Å². The highest BCUT2D eigenvalue weighted by molar-refractivity contribution is 6.30. The third-order valence-corrected chi connectivity index (χ3v) is 4.45. The SMILES string of the molecule is O=C(O)[C@@H]1CN(C(=O)c2cc(-c3ccc(Cl)cc3)on2)C[C@H]1C(F)(F)F. The van der Waals surface area contributed by atoms with E-state index in [1.165, 1.54) is 6.07 Å². The van der Waals surface area contributed by atoms with Crippen LogP contribution >= 0.6 is 11.6 Å². The summed E-state index contributed by atoms with van der Waals surface area (Å²) in [7, 11) is 0. The fourth-order valence-electron chi connectivity index (χ4n) is 2.84. The van der Waals surface area contributed by atoms with E-state index in [0.29, 0.717) is 10.6 Å². The maximum Gasteiger partial charge on any atom is 0.394 e. The number of carboxylic acids is 1. The Bertz CT molecular complexity index is 835. The Balaban J connectivity index is 1.80.